The third-order valence-corrected chi connectivity index (χ3v) is 6.20. The number of rotatable bonds is 3. The largest absolute Gasteiger partial charge is 0.497 e. The highest BCUT2D eigenvalue weighted by Crippen LogP contribution is 2.43. The summed E-state index contributed by atoms with van der Waals surface area (Å²) in [5.74, 6) is 0.861. The Morgan fingerprint density at radius 2 is 1.09 bits per heavy atom. The van der Waals surface area contributed by atoms with Gasteiger partial charge in [-0.3, -0.25) is 4.98 Å². The fourth-order valence-electron chi connectivity index (χ4n) is 4.69. The Morgan fingerprint density at radius 3 is 1.69 bits per heavy atom. The molecule has 1 aromatic heterocycles. The highest BCUT2D eigenvalue weighted by atomic mass is 16.5. The van der Waals surface area contributed by atoms with Crippen LogP contribution in [-0.2, 0) is 0 Å². The Balaban J connectivity index is 1.73. The second-order valence-corrected chi connectivity index (χ2v) is 7.99. The molecule has 32 heavy (non-hydrogen) atoms. The predicted octanol–water partition coefficient (Wildman–Crippen LogP) is 7.88. The average molecular weight is 412 g/mol. The van der Waals surface area contributed by atoms with Crippen LogP contribution in [-0.4, -0.2) is 12.1 Å². The van der Waals surface area contributed by atoms with Crippen LogP contribution < -0.4 is 4.74 Å². The quantitative estimate of drug-likeness (QED) is 0.276. The van der Waals surface area contributed by atoms with Crippen LogP contribution in [0.3, 0.4) is 0 Å². The monoisotopic (exact) mass is 411 g/mol. The maximum absolute atomic E-state index is 5.38. The van der Waals surface area contributed by atoms with E-state index >= 15 is 0 Å². The molecule has 0 atom stereocenters. The molecule has 6 aromatic rings. The van der Waals surface area contributed by atoms with Gasteiger partial charge in [-0.1, -0.05) is 84.9 Å². The average Bonchev–Trinajstić information content (AvgIpc) is 2.87. The number of hydrogen-bond acceptors (Lipinski definition) is 2. The first-order chi connectivity index (χ1) is 15.8. The number of hydrogen-bond donors (Lipinski definition) is 0. The van der Waals surface area contributed by atoms with E-state index in [1.54, 1.807) is 7.11 Å². The van der Waals surface area contributed by atoms with E-state index in [9.17, 15) is 0 Å². The van der Waals surface area contributed by atoms with Gasteiger partial charge in [0.15, 0.2) is 0 Å². The molecule has 0 bridgehead atoms. The zero-order valence-electron chi connectivity index (χ0n) is 17.7. The summed E-state index contributed by atoms with van der Waals surface area (Å²) in [6.07, 6.45) is 1.98. The molecule has 0 fully saturated rings. The first kappa shape index (κ1) is 18.6. The molecule has 0 aliphatic carbocycles. The lowest BCUT2D eigenvalue weighted by atomic mass is 9.87. The van der Waals surface area contributed by atoms with Crippen LogP contribution in [0.15, 0.2) is 109 Å². The van der Waals surface area contributed by atoms with Gasteiger partial charge in [0.2, 0.25) is 0 Å². The Hall–Kier alpha value is -4.17. The number of aromatic nitrogens is 1. The maximum atomic E-state index is 5.38. The number of pyridine rings is 1. The molecular weight excluding hydrogens is 390 g/mol. The molecule has 2 nitrogen and oxygen atoms in total. The summed E-state index contributed by atoms with van der Waals surface area (Å²) in [6.45, 7) is 0. The van der Waals surface area contributed by atoms with E-state index in [4.69, 9.17) is 9.72 Å². The maximum Gasteiger partial charge on any atom is 0.118 e. The summed E-state index contributed by atoms with van der Waals surface area (Å²) < 4.78 is 5.38. The van der Waals surface area contributed by atoms with Gasteiger partial charge < -0.3 is 4.74 Å². The Bertz CT molecular complexity index is 1540. The molecule has 0 spiro atoms. The summed E-state index contributed by atoms with van der Waals surface area (Å²) in [5, 5.41) is 7.21. The molecule has 0 unspecified atom stereocenters. The van der Waals surface area contributed by atoms with Crippen molar-refractivity contribution in [3.8, 4) is 28.1 Å². The molecule has 0 aliphatic rings. The Morgan fingerprint density at radius 1 is 0.562 bits per heavy atom. The summed E-state index contributed by atoms with van der Waals surface area (Å²) in [5.41, 5.74) is 4.59. The molecule has 152 valence electrons. The standard InChI is InChI=1S/C30H21NO/c1-32-23-16-14-20(15-17-23)29-24-10-4-6-12-26(24)30(27-13-7-5-11-25(27)29)28-18-21-8-2-3-9-22(21)19-31-28/h2-19H,1H3. The zero-order chi connectivity index (χ0) is 21.5. The minimum Gasteiger partial charge on any atom is -0.497 e. The lowest BCUT2D eigenvalue weighted by Crippen LogP contribution is -1.92. The smallest absolute Gasteiger partial charge is 0.118 e. The molecule has 0 radical (unpaired) electrons. The van der Waals surface area contributed by atoms with Gasteiger partial charge >= 0.3 is 0 Å². The molecule has 2 heteroatoms. The molecule has 0 saturated carbocycles. The molecule has 0 N–H and O–H groups in total. The van der Waals surface area contributed by atoms with E-state index in [1.807, 2.05) is 18.3 Å². The van der Waals surface area contributed by atoms with Gasteiger partial charge in [0.25, 0.3) is 0 Å². The Kier molecular flexibility index (Phi) is 4.36. The predicted molar refractivity (Wildman–Crippen MR) is 134 cm³/mol. The third kappa shape index (κ3) is 2.92. The first-order valence-electron chi connectivity index (χ1n) is 10.8. The van der Waals surface area contributed by atoms with E-state index < -0.39 is 0 Å². The van der Waals surface area contributed by atoms with Crippen LogP contribution in [0.1, 0.15) is 0 Å². The molecule has 1 heterocycles. The van der Waals surface area contributed by atoms with Crippen molar-refractivity contribution in [3.63, 3.8) is 0 Å². The SMILES string of the molecule is COc1ccc(-c2c3ccccc3c(-c3cc4ccccc4cn3)c3ccccc23)cc1. The van der Waals surface area contributed by atoms with Gasteiger partial charge in [-0.2, -0.15) is 0 Å². The van der Waals surface area contributed by atoms with Crippen molar-refractivity contribution in [2.45, 2.75) is 0 Å². The number of fused-ring (bicyclic) bond motifs is 3. The number of benzene rings is 5. The molecular formula is C30H21NO. The van der Waals surface area contributed by atoms with Crippen molar-refractivity contribution < 1.29 is 4.74 Å². The van der Waals surface area contributed by atoms with Crippen LogP contribution in [0, 0.1) is 0 Å². The highest BCUT2D eigenvalue weighted by molar-refractivity contribution is 6.21. The van der Waals surface area contributed by atoms with Gasteiger partial charge in [-0.25, -0.2) is 0 Å². The van der Waals surface area contributed by atoms with Crippen molar-refractivity contribution in [1.82, 2.24) is 4.98 Å². The lowest BCUT2D eigenvalue weighted by molar-refractivity contribution is 0.415. The van der Waals surface area contributed by atoms with Crippen molar-refractivity contribution in [2.24, 2.45) is 0 Å². The van der Waals surface area contributed by atoms with Gasteiger partial charge in [0.1, 0.15) is 5.75 Å². The van der Waals surface area contributed by atoms with Crippen LogP contribution in [0.25, 0.3) is 54.7 Å². The highest BCUT2D eigenvalue weighted by Gasteiger charge is 2.17. The summed E-state index contributed by atoms with van der Waals surface area (Å²) >= 11 is 0. The van der Waals surface area contributed by atoms with Gasteiger partial charge in [0, 0.05) is 17.1 Å². The normalized spacial score (nSPS) is 11.3. The summed E-state index contributed by atoms with van der Waals surface area (Å²) in [6, 6.07) is 36.2. The van der Waals surface area contributed by atoms with Gasteiger partial charge in [-0.05, 0) is 56.3 Å². The number of nitrogens with zero attached hydrogens (tertiary/aromatic N) is 1. The van der Waals surface area contributed by atoms with E-state index in [1.165, 1.54) is 43.6 Å². The molecule has 5 aromatic carbocycles. The minimum atomic E-state index is 0.861. The summed E-state index contributed by atoms with van der Waals surface area (Å²) in [4.78, 5) is 4.89. The topological polar surface area (TPSA) is 22.1 Å². The lowest BCUT2D eigenvalue weighted by Gasteiger charge is -2.17. The van der Waals surface area contributed by atoms with Crippen molar-refractivity contribution in [2.75, 3.05) is 7.11 Å². The van der Waals surface area contributed by atoms with Crippen LogP contribution in [0.2, 0.25) is 0 Å². The first-order valence-corrected chi connectivity index (χ1v) is 10.8. The summed E-state index contributed by atoms with van der Waals surface area (Å²) in [7, 11) is 1.70. The molecule has 0 saturated heterocycles. The van der Waals surface area contributed by atoms with E-state index in [-0.39, 0.29) is 0 Å². The minimum absolute atomic E-state index is 0.861. The van der Waals surface area contributed by atoms with Crippen molar-refractivity contribution in [3.05, 3.63) is 109 Å². The van der Waals surface area contributed by atoms with Crippen LogP contribution in [0.5, 0.6) is 5.75 Å². The van der Waals surface area contributed by atoms with Gasteiger partial charge in [0.05, 0.1) is 12.8 Å². The molecule has 0 amide bonds. The third-order valence-electron chi connectivity index (χ3n) is 6.20. The molecule has 0 aliphatic heterocycles. The number of methoxy groups -OCH3 is 1. The second kappa shape index (κ2) is 7.51. The van der Waals surface area contributed by atoms with Crippen molar-refractivity contribution >= 4 is 32.3 Å². The number of ether oxygens (including phenoxy) is 1. The van der Waals surface area contributed by atoms with Crippen LogP contribution >= 0.6 is 0 Å². The zero-order valence-corrected chi connectivity index (χ0v) is 17.7. The van der Waals surface area contributed by atoms with E-state index in [0.29, 0.717) is 0 Å². The molecule has 6 rings (SSSR count). The van der Waals surface area contributed by atoms with Crippen molar-refractivity contribution in [1.29, 1.82) is 0 Å². The van der Waals surface area contributed by atoms with Crippen LogP contribution in [0.4, 0.5) is 0 Å². The fourth-order valence-corrected chi connectivity index (χ4v) is 4.69. The fraction of sp³-hybridized carbons (Fsp3) is 0.0333. The Labute approximate surface area is 186 Å². The second-order valence-electron chi connectivity index (χ2n) is 7.99. The van der Waals surface area contributed by atoms with E-state index in [2.05, 4.69) is 91.0 Å². The van der Waals surface area contributed by atoms with Gasteiger partial charge in [-0.15, -0.1) is 0 Å². The van der Waals surface area contributed by atoms with E-state index in [0.717, 1.165) is 16.8 Å².